The standard InChI is InChI=1S/C48H91O8P/c1-3-5-7-9-11-13-15-17-19-21-22-23-24-25-26-27-29-31-33-35-37-39-41-43-48(50)56-46(45-55-57(51,52)53)44-54-47(49)42-40-38-36-34-32-30-28-20-18-16-14-12-10-8-6-4-2/h27,29,35,37,46H,3-26,28,30-34,36,38-45H2,1-2H3,(H2,51,52,53)/b29-27+,37-35+/t46-/m1/s1. The number of rotatable bonds is 45. The first kappa shape index (κ1) is 55.5. The topological polar surface area (TPSA) is 119 Å². The van der Waals surface area contributed by atoms with E-state index in [0.29, 0.717) is 6.42 Å². The lowest BCUT2D eigenvalue weighted by Crippen LogP contribution is -2.29. The first-order valence-electron chi connectivity index (χ1n) is 24.1. The molecule has 336 valence electrons. The van der Waals surface area contributed by atoms with E-state index in [0.717, 1.165) is 44.9 Å². The van der Waals surface area contributed by atoms with Gasteiger partial charge in [0.1, 0.15) is 6.61 Å². The van der Waals surface area contributed by atoms with Gasteiger partial charge in [-0.05, 0) is 44.9 Å². The molecule has 0 aromatic carbocycles. The van der Waals surface area contributed by atoms with E-state index < -0.39 is 32.5 Å². The molecule has 0 aromatic heterocycles. The van der Waals surface area contributed by atoms with Crippen molar-refractivity contribution < 1.29 is 37.9 Å². The molecule has 9 heteroatoms. The third-order valence-electron chi connectivity index (χ3n) is 10.7. The lowest BCUT2D eigenvalue weighted by Gasteiger charge is -2.18. The number of phosphoric acid groups is 1. The molecule has 0 fully saturated rings. The summed E-state index contributed by atoms with van der Waals surface area (Å²) in [5.41, 5.74) is 0. The number of unbranched alkanes of at least 4 members (excludes halogenated alkanes) is 31. The Morgan fingerprint density at radius 1 is 0.439 bits per heavy atom. The molecule has 0 bridgehead atoms. The molecular formula is C48H91O8P. The molecule has 0 radical (unpaired) electrons. The molecule has 2 N–H and O–H groups in total. The van der Waals surface area contributed by atoms with Crippen LogP contribution in [0.15, 0.2) is 24.3 Å². The van der Waals surface area contributed by atoms with Crippen LogP contribution < -0.4 is 0 Å². The summed E-state index contributed by atoms with van der Waals surface area (Å²) in [4.78, 5) is 43.0. The molecule has 0 amide bonds. The minimum Gasteiger partial charge on any atom is -0.462 e. The Morgan fingerprint density at radius 3 is 1.18 bits per heavy atom. The van der Waals surface area contributed by atoms with Gasteiger partial charge >= 0.3 is 19.8 Å². The van der Waals surface area contributed by atoms with Gasteiger partial charge in [0.15, 0.2) is 6.10 Å². The van der Waals surface area contributed by atoms with E-state index in [1.165, 1.54) is 173 Å². The number of ether oxygens (including phenoxy) is 2. The lowest BCUT2D eigenvalue weighted by atomic mass is 10.0. The van der Waals surface area contributed by atoms with Gasteiger partial charge < -0.3 is 19.3 Å². The normalized spacial score (nSPS) is 12.6. The smallest absolute Gasteiger partial charge is 0.462 e. The molecule has 0 spiro atoms. The van der Waals surface area contributed by atoms with Gasteiger partial charge in [-0.3, -0.25) is 14.1 Å². The average molecular weight is 827 g/mol. The second kappa shape index (κ2) is 44.1. The van der Waals surface area contributed by atoms with Crippen LogP contribution in [0.4, 0.5) is 0 Å². The Labute approximate surface area is 351 Å². The van der Waals surface area contributed by atoms with Gasteiger partial charge in [0.2, 0.25) is 0 Å². The maximum absolute atomic E-state index is 12.4. The second-order valence-electron chi connectivity index (χ2n) is 16.4. The maximum atomic E-state index is 12.4. The van der Waals surface area contributed by atoms with Crippen molar-refractivity contribution in [2.45, 2.75) is 258 Å². The summed E-state index contributed by atoms with van der Waals surface area (Å²) >= 11 is 0. The molecule has 57 heavy (non-hydrogen) atoms. The SMILES string of the molecule is CCCCCCCCCCCCCCCC/C=C/CC/C=C/CCCC(=O)O[C@H](COC(=O)CCCCCCCCCCCCCCCCCC)COP(=O)(O)O. The number of allylic oxidation sites excluding steroid dienone is 4. The van der Waals surface area contributed by atoms with Gasteiger partial charge in [-0.15, -0.1) is 0 Å². The Morgan fingerprint density at radius 2 is 0.772 bits per heavy atom. The van der Waals surface area contributed by atoms with E-state index in [-0.39, 0.29) is 19.4 Å². The molecule has 1 atom stereocenters. The highest BCUT2D eigenvalue weighted by atomic mass is 31.2. The monoisotopic (exact) mass is 827 g/mol. The first-order valence-corrected chi connectivity index (χ1v) is 25.7. The van der Waals surface area contributed by atoms with Crippen LogP contribution in [0.3, 0.4) is 0 Å². The zero-order valence-electron chi connectivity index (χ0n) is 37.3. The lowest BCUT2D eigenvalue weighted by molar-refractivity contribution is -0.161. The largest absolute Gasteiger partial charge is 0.469 e. The van der Waals surface area contributed by atoms with E-state index in [2.05, 4.69) is 42.7 Å². The van der Waals surface area contributed by atoms with Crippen LogP contribution in [0.2, 0.25) is 0 Å². The van der Waals surface area contributed by atoms with Gasteiger partial charge in [0, 0.05) is 12.8 Å². The van der Waals surface area contributed by atoms with Crippen molar-refractivity contribution in [3.05, 3.63) is 24.3 Å². The molecule has 0 rings (SSSR count). The Bertz CT molecular complexity index is 977. The molecule has 0 unspecified atom stereocenters. The van der Waals surface area contributed by atoms with Gasteiger partial charge in [0.05, 0.1) is 6.61 Å². The number of phosphoric ester groups is 1. The maximum Gasteiger partial charge on any atom is 0.469 e. The minimum atomic E-state index is -4.76. The molecule has 0 saturated heterocycles. The average Bonchev–Trinajstić information content (AvgIpc) is 3.18. The van der Waals surface area contributed by atoms with Crippen LogP contribution in [0.1, 0.15) is 251 Å². The summed E-state index contributed by atoms with van der Waals surface area (Å²) in [6.07, 6.45) is 52.1. The second-order valence-corrected chi connectivity index (χ2v) is 17.7. The third kappa shape index (κ3) is 47.1. The number of hydrogen-bond acceptors (Lipinski definition) is 6. The Balaban J connectivity index is 3.87. The van der Waals surface area contributed by atoms with Crippen LogP contribution in [0.25, 0.3) is 0 Å². The quantitative estimate of drug-likeness (QED) is 0.0270. The molecular weight excluding hydrogens is 735 g/mol. The molecule has 0 aliphatic heterocycles. The fourth-order valence-corrected chi connectivity index (χ4v) is 7.46. The summed E-state index contributed by atoms with van der Waals surface area (Å²) in [5, 5.41) is 0. The van der Waals surface area contributed by atoms with E-state index in [4.69, 9.17) is 19.3 Å². The van der Waals surface area contributed by atoms with Gasteiger partial charge in [-0.1, -0.05) is 218 Å². The highest BCUT2D eigenvalue weighted by molar-refractivity contribution is 7.46. The van der Waals surface area contributed by atoms with Gasteiger partial charge in [0.25, 0.3) is 0 Å². The van der Waals surface area contributed by atoms with Crippen molar-refractivity contribution in [1.29, 1.82) is 0 Å². The van der Waals surface area contributed by atoms with E-state index in [1.807, 2.05) is 0 Å². The Hall–Kier alpha value is -1.47. The fourth-order valence-electron chi connectivity index (χ4n) is 7.10. The number of hydrogen-bond donors (Lipinski definition) is 2. The van der Waals surface area contributed by atoms with Crippen LogP contribution in [0.5, 0.6) is 0 Å². The zero-order chi connectivity index (χ0) is 41.8. The van der Waals surface area contributed by atoms with Crippen molar-refractivity contribution >= 4 is 19.8 Å². The fraction of sp³-hybridized carbons (Fsp3) is 0.875. The van der Waals surface area contributed by atoms with Crippen molar-refractivity contribution in [2.24, 2.45) is 0 Å². The van der Waals surface area contributed by atoms with Crippen LogP contribution >= 0.6 is 7.82 Å². The van der Waals surface area contributed by atoms with Crippen molar-refractivity contribution in [3.63, 3.8) is 0 Å². The summed E-state index contributed by atoms with van der Waals surface area (Å²) < 4.78 is 26.4. The highest BCUT2D eigenvalue weighted by Gasteiger charge is 2.22. The third-order valence-corrected chi connectivity index (χ3v) is 11.2. The predicted molar refractivity (Wildman–Crippen MR) is 239 cm³/mol. The number of esters is 2. The highest BCUT2D eigenvalue weighted by Crippen LogP contribution is 2.36. The van der Waals surface area contributed by atoms with E-state index in [9.17, 15) is 14.2 Å². The van der Waals surface area contributed by atoms with Crippen molar-refractivity contribution in [1.82, 2.24) is 0 Å². The molecule has 0 aliphatic carbocycles. The zero-order valence-corrected chi connectivity index (χ0v) is 38.1. The predicted octanol–water partition coefficient (Wildman–Crippen LogP) is 15.1. The number of carbonyl (C=O) groups excluding carboxylic acids is 2. The molecule has 8 nitrogen and oxygen atoms in total. The van der Waals surface area contributed by atoms with Crippen LogP contribution in [-0.2, 0) is 28.2 Å². The molecule has 0 aromatic rings. The summed E-state index contributed by atoms with van der Waals surface area (Å²) in [7, 11) is -4.76. The van der Waals surface area contributed by atoms with Gasteiger partial charge in [-0.2, -0.15) is 0 Å². The first-order chi connectivity index (χ1) is 27.8. The summed E-state index contributed by atoms with van der Waals surface area (Å²) in [6.45, 7) is 3.70. The van der Waals surface area contributed by atoms with E-state index >= 15 is 0 Å². The van der Waals surface area contributed by atoms with Crippen molar-refractivity contribution in [2.75, 3.05) is 13.2 Å². The van der Waals surface area contributed by atoms with Gasteiger partial charge in [-0.25, -0.2) is 4.57 Å². The van der Waals surface area contributed by atoms with E-state index in [1.54, 1.807) is 0 Å². The molecule has 0 aliphatic rings. The molecule has 0 heterocycles. The van der Waals surface area contributed by atoms with Crippen molar-refractivity contribution in [3.8, 4) is 0 Å². The summed E-state index contributed by atoms with van der Waals surface area (Å²) in [6, 6.07) is 0. The minimum absolute atomic E-state index is 0.156. The number of carbonyl (C=O) groups is 2. The van der Waals surface area contributed by atoms with Crippen LogP contribution in [0, 0.1) is 0 Å². The molecule has 0 saturated carbocycles. The summed E-state index contributed by atoms with van der Waals surface area (Å²) in [5.74, 6) is -0.921. The van der Waals surface area contributed by atoms with Crippen LogP contribution in [-0.4, -0.2) is 41.0 Å². The Kier molecular flexibility index (Phi) is 43.0.